The maximum atomic E-state index is 14.0. The van der Waals surface area contributed by atoms with Gasteiger partial charge in [-0.15, -0.1) is 0 Å². The fraction of sp³-hybridized carbons (Fsp3) is 0.267. The van der Waals surface area contributed by atoms with Gasteiger partial charge in [0.2, 0.25) is 5.78 Å². The molecule has 0 amide bonds. The molecule has 0 atom stereocenters. The van der Waals surface area contributed by atoms with Gasteiger partial charge in [0.1, 0.15) is 0 Å². The molecule has 0 aliphatic rings. The number of rotatable bonds is 7. The van der Waals surface area contributed by atoms with Crippen molar-refractivity contribution in [3.63, 3.8) is 0 Å². The number of allylic oxidation sites excluding steroid dienone is 1. The highest BCUT2D eigenvalue weighted by Crippen LogP contribution is 2.30. The van der Waals surface area contributed by atoms with Crippen molar-refractivity contribution in [2.45, 2.75) is 13.3 Å². The normalized spacial score (nSPS) is 10.5. The van der Waals surface area contributed by atoms with Crippen LogP contribution in [0.1, 0.15) is 18.9 Å². The van der Waals surface area contributed by atoms with E-state index < -0.39 is 29.8 Å². The summed E-state index contributed by atoms with van der Waals surface area (Å²) in [5.74, 6) is -3.53. The van der Waals surface area contributed by atoms with E-state index in [1.54, 1.807) is 6.92 Å². The summed E-state index contributed by atoms with van der Waals surface area (Å²) in [5.41, 5.74) is 0.0678. The number of halogens is 2. The number of esters is 1. The SMILES string of the molecule is CCOC(=O)C(=O)CC(=O)/C=C/c1ccc(Cl)c(OC)c1F. The van der Waals surface area contributed by atoms with Crippen LogP contribution in [0.25, 0.3) is 6.08 Å². The van der Waals surface area contributed by atoms with Gasteiger partial charge in [-0.25, -0.2) is 9.18 Å². The molecule has 0 saturated carbocycles. The third kappa shape index (κ3) is 4.66. The van der Waals surface area contributed by atoms with Gasteiger partial charge in [-0.1, -0.05) is 17.7 Å². The Morgan fingerprint density at radius 2 is 2.00 bits per heavy atom. The third-order valence-electron chi connectivity index (χ3n) is 2.57. The van der Waals surface area contributed by atoms with E-state index in [0.717, 1.165) is 6.08 Å². The lowest BCUT2D eigenvalue weighted by Gasteiger charge is -2.06. The van der Waals surface area contributed by atoms with Gasteiger partial charge in [-0.2, -0.15) is 0 Å². The molecule has 0 bridgehead atoms. The van der Waals surface area contributed by atoms with Gasteiger partial charge in [0.05, 0.1) is 25.2 Å². The second kappa shape index (κ2) is 8.29. The number of benzene rings is 1. The number of Topliss-reactive ketones (excluding diaryl/α,β-unsaturated/α-hetero) is 1. The Morgan fingerprint density at radius 3 is 2.59 bits per heavy atom. The molecule has 0 saturated heterocycles. The first-order valence-electron chi connectivity index (χ1n) is 6.33. The smallest absolute Gasteiger partial charge is 0.375 e. The zero-order chi connectivity index (χ0) is 16.7. The average Bonchev–Trinajstić information content (AvgIpc) is 2.47. The number of carbonyl (C=O) groups is 3. The number of methoxy groups -OCH3 is 1. The summed E-state index contributed by atoms with van der Waals surface area (Å²) < 4.78 is 23.2. The van der Waals surface area contributed by atoms with Crippen molar-refractivity contribution in [2.24, 2.45) is 0 Å². The summed E-state index contributed by atoms with van der Waals surface area (Å²) in [6.45, 7) is 1.59. The first-order valence-corrected chi connectivity index (χ1v) is 6.71. The van der Waals surface area contributed by atoms with Gasteiger partial charge in [0.25, 0.3) is 0 Å². The number of ketones is 2. The van der Waals surface area contributed by atoms with E-state index in [4.69, 9.17) is 16.3 Å². The first-order chi connectivity index (χ1) is 10.4. The van der Waals surface area contributed by atoms with Crippen LogP contribution in [-0.4, -0.2) is 31.3 Å². The Balaban J connectivity index is 2.79. The van der Waals surface area contributed by atoms with E-state index in [-0.39, 0.29) is 22.9 Å². The molecule has 0 unspecified atom stereocenters. The highest BCUT2D eigenvalue weighted by atomic mass is 35.5. The average molecular weight is 329 g/mol. The minimum absolute atomic E-state index is 0.0460. The lowest BCUT2D eigenvalue weighted by molar-refractivity contribution is -0.154. The number of carbonyl (C=O) groups excluding carboxylic acids is 3. The Hall–Kier alpha value is -2.21. The van der Waals surface area contributed by atoms with Crippen LogP contribution in [0.15, 0.2) is 18.2 Å². The molecule has 0 radical (unpaired) electrons. The fourth-order valence-electron chi connectivity index (χ4n) is 1.55. The molecular formula is C15H14ClFO5. The molecule has 0 aliphatic carbocycles. The third-order valence-corrected chi connectivity index (χ3v) is 2.87. The Morgan fingerprint density at radius 1 is 1.32 bits per heavy atom. The molecule has 0 heterocycles. The van der Waals surface area contributed by atoms with Gasteiger partial charge in [0.15, 0.2) is 17.3 Å². The van der Waals surface area contributed by atoms with Crippen molar-refractivity contribution < 1.29 is 28.2 Å². The molecule has 7 heteroatoms. The zero-order valence-electron chi connectivity index (χ0n) is 12.0. The second-order valence-electron chi connectivity index (χ2n) is 4.10. The van der Waals surface area contributed by atoms with Crippen molar-refractivity contribution in [2.75, 3.05) is 13.7 Å². The zero-order valence-corrected chi connectivity index (χ0v) is 12.8. The molecule has 118 valence electrons. The van der Waals surface area contributed by atoms with Crippen LogP contribution < -0.4 is 4.74 Å². The molecule has 0 fully saturated rings. The number of hydrogen-bond donors (Lipinski definition) is 0. The second-order valence-corrected chi connectivity index (χ2v) is 4.51. The van der Waals surface area contributed by atoms with E-state index >= 15 is 0 Å². The summed E-state index contributed by atoms with van der Waals surface area (Å²) in [7, 11) is 1.26. The predicted molar refractivity (Wildman–Crippen MR) is 78.3 cm³/mol. The van der Waals surface area contributed by atoms with Gasteiger partial charge < -0.3 is 9.47 Å². The predicted octanol–water partition coefficient (Wildman–Crippen LogP) is 2.59. The van der Waals surface area contributed by atoms with E-state index in [9.17, 15) is 18.8 Å². The van der Waals surface area contributed by atoms with Crippen molar-refractivity contribution in [1.29, 1.82) is 0 Å². The van der Waals surface area contributed by atoms with Crippen molar-refractivity contribution in [3.05, 3.63) is 34.6 Å². The van der Waals surface area contributed by atoms with Crippen molar-refractivity contribution >= 4 is 35.2 Å². The van der Waals surface area contributed by atoms with Gasteiger partial charge in [-0.3, -0.25) is 9.59 Å². The van der Waals surface area contributed by atoms with Crippen LogP contribution in [0.4, 0.5) is 4.39 Å². The summed E-state index contributed by atoms with van der Waals surface area (Å²) in [6.07, 6.45) is 1.54. The maximum absolute atomic E-state index is 14.0. The highest BCUT2D eigenvalue weighted by Gasteiger charge is 2.17. The van der Waals surface area contributed by atoms with Crippen LogP contribution in [0, 0.1) is 5.82 Å². The van der Waals surface area contributed by atoms with Crippen LogP contribution in [0.5, 0.6) is 5.75 Å². The Labute approximate surface area is 131 Å². The summed E-state index contributed by atoms with van der Waals surface area (Å²) in [6, 6.07) is 2.77. The maximum Gasteiger partial charge on any atom is 0.375 e. The van der Waals surface area contributed by atoms with Gasteiger partial charge >= 0.3 is 5.97 Å². The lowest BCUT2D eigenvalue weighted by Crippen LogP contribution is -2.19. The molecule has 0 spiro atoms. The van der Waals surface area contributed by atoms with E-state index in [1.165, 1.54) is 25.3 Å². The molecule has 0 aliphatic heterocycles. The Kier molecular flexibility index (Phi) is 6.72. The molecule has 22 heavy (non-hydrogen) atoms. The Bertz CT molecular complexity index is 625. The number of hydrogen-bond acceptors (Lipinski definition) is 5. The molecule has 1 aromatic carbocycles. The summed E-state index contributed by atoms with van der Waals surface area (Å²) in [5, 5.41) is 0.0981. The van der Waals surface area contributed by atoms with Crippen LogP contribution in [0.3, 0.4) is 0 Å². The molecule has 1 aromatic rings. The topological polar surface area (TPSA) is 69.7 Å². The van der Waals surface area contributed by atoms with E-state index in [1.807, 2.05) is 0 Å². The monoisotopic (exact) mass is 328 g/mol. The van der Waals surface area contributed by atoms with Crippen LogP contribution in [0.2, 0.25) is 5.02 Å². The standard InChI is InChI=1S/C15H14ClFO5/c1-3-22-15(20)12(19)8-10(18)6-4-9-5-7-11(16)14(21-2)13(9)17/h4-7H,3,8H2,1-2H3/b6-4+. The molecule has 1 rings (SSSR count). The van der Waals surface area contributed by atoms with E-state index in [0.29, 0.717) is 0 Å². The van der Waals surface area contributed by atoms with Crippen LogP contribution >= 0.6 is 11.6 Å². The fourth-order valence-corrected chi connectivity index (χ4v) is 1.77. The quantitative estimate of drug-likeness (QED) is 0.333. The van der Waals surface area contributed by atoms with E-state index in [2.05, 4.69) is 4.74 Å². The largest absolute Gasteiger partial charge is 0.492 e. The highest BCUT2D eigenvalue weighted by molar-refractivity contribution is 6.37. The van der Waals surface area contributed by atoms with Crippen molar-refractivity contribution in [3.8, 4) is 5.75 Å². The summed E-state index contributed by atoms with van der Waals surface area (Å²) in [4.78, 5) is 34.0. The first kappa shape index (κ1) is 17.8. The molecule has 5 nitrogen and oxygen atoms in total. The molecule has 0 aromatic heterocycles. The van der Waals surface area contributed by atoms with Crippen molar-refractivity contribution in [1.82, 2.24) is 0 Å². The summed E-state index contributed by atoms with van der Waals surface area (Å²) >= 11 is 5.75. The minimum atomic E-state index is -1.07. The minimum Gasteiger partial charge on any atom is -0.492 e. The molecular weight excluding hydrogens is 315 g/mol. The molecule has 0 N–H and O–H groups in total. The lowest BCUT2D eigenvalue weighted by atomic mass is 10.1. The van der Waals surface area contributed by atoms with Gasteiger partial charge in [0, 0.05) is 5.56 Å². The number of ether oxygens (including phenoxy) is 2. The van der Waals surface area contributed by atoms with Gasteiger partial charge in [-0.05, 0) is 25.1 Å². The van der Waals surface area contributed by atoms with Crippen LogP contribution in [-0.2, 0) is 19.1 Å².